The summed E-state index contributed by atoms with van der Waals surface area (Å²) in [7, 11) is 0. The zero-order valence-electron chi connectivity index (χ0n) is 18.1. The quantitative estimate of drug-likeness (QED) is 0.532. The number of rotatable bonds is 3. The number of aliphatic imine (C=N–C) groups is 1. The Morgan fingerprint density at radius 2 is 1.88 bits per heavy atom. The summed E-state index contributed by atoms with van der Waals surface area (Å²) in [6.45, 7) is 3.18. The molecule has 8 heteroatoms. The second kappa shape index (κ2) is 8.03. The van der Waals surface area contributed by atoms with Gasteiger partial charge >= 0.3 is 0 Å². The van der Waals surface area contributed by atoms with E-state index in [4.69, 9.17) is 21.9 Å². The zero-order chi connectivity index (χ0) is 22.2. The lowest BCUT2D eigenvalue weighted by Crippen LogP contribution is -2.39. The van der Waals surface area contributed by atoms with Crippen LogP contribution in [0, 0.1) is 0 Å². The van der Waals surface area contributed by atoms with Crippen LogP contribution in [0.5, 0.6) is 11.5 Å². The molecule has 0 spiro atoms. The second-order valence-electron chi connectivity index (χ2n) is 8.23. The molecule has 1 unspecified atom stereocenters. The number of nitrogens with two attached hydrogens (primary N) is 3. The minimum absolute atomic E-state index is 0.235. The molecule has 3 aromatic rings. The van der Waals surface area contributed by atoms with Crippen molar-refractivity contribution in [1.29, 1.82) is 0 Å². The van der Waals surface area contributed by atoms with Gasteiger partial charge in [0.05, 0.1) is 11.3 Å². The van der Waals surface area contributed by atoms with Gasteiger partial charge in [-0.05, 0) is 49.9 Å². The van der Waals surface area contributed by atoms with Crippen LogP contribution in [0.25, 0.3) is 11.3 Å². The highest BCUT2D eigenvalue weighted by molar-refractivity contribution is 6.07. The third-order valence-electron chi connectivity index (χ3n) is 6.13. The maximum atomic E-state index is 6.41. The van der Waals surface area contributed by atoms with Crippen molar-refractivity contribution in [3.05, 3.63) is 48.0 Å². The average Bonchev–Trinajstić information content (AvgIpc) is 2.94. The molecule has 0 aliphatic carbocycles. The highest BCUT2D eigenvalue weighted by Crippen LogP contribution is 2.41. The first-order valence-corrected chi connectivity index (χ1v) is 11.0. The number of hydrogen-bond donors (Lipinski definition) is 3. The van der Waals surface area contributed by atoms with Crippen molar-refractivity contribution in [2.24, 2.45) is 10.7 Å². The van der Waals surface area contributed by atoms with E-state index in [1.165, 1.54) is 6.42 Å². The summed E-state index contributed by atoms with van der Waals surface area (Å²) < 4.78 is 6.17. The normalized spacial score (nSPS) is 17.6. The van der Waals surface area contributed by atoms with Gasteiger partial charge in [-0.3, -0.25) is 0 Å². The van der Waals surface area contributed by atoms with Gasteiger partial charge in [-0.25, -0.2) is 9.98 Å². The summed E-state index contributed by atoms with van der Waals surface area (Å²) in [6, 6.07) is 13.6. The molecule has 1 saturated heterocycles. The Balaban J connectivity index is 1.59. The van der Waals surface area contributed by atoms with Gasteiger partial charge in [0.25, 0.3) is 0 Å². The molecule has 2 aliphatic heterocycles. The fourth-order valence-corrected chi connectivity index (χ4v) is 4.55. The lowest BCUT2D eigenvalue weighted by Gasteiger charge is -2.36. The molecule has 0 saturated carbocycles. The predicted molar refractivity (Wildman–Crippen MR) is 128 cm³/mol. The Morgan fingerprint density at radius 3 is 2.72 bits per heavy atom. The molecular formula is C24H27N7O. The summed E-state index contributed by atoms with van der Waals surface area (Å²) in [6.07, 6.45) is 4.61. The van der Waals surface area contributed by atoms with Crippen LogP contribution in [0.4, 0.5) is 23.1 Å². The van der Waals surface area contributed by atoms with E-state index in [2.05, 4.69) is 26.8 Å². The molecule has 1 aromatic heterocycles. The Kier molecular flexibility index (Phi) is 5.05. The SMILES string of the molecule is CCC1CCCCN1c1cc(-c2cc(N)c3c(c2)Oc2ccccc2N=C3N)nc(N)n1. The standard InChI is InChI=1S/C24H27N7O/c1-2-15-7-5-6-10-31(15)21-13-18(29-24(27)30-21)14-11-16(25)22-20(12-14)32-19-9-4-3-8-17(19)28-23(22)26/h3-4,8-9,11-13,15H,2,5-7,10,25H2,1H3,(H2,26,28)(H2,27,29,30). The number of benzene rings is 2. The summed E-state index contributed by atoms with van der Waals surface area (Å²) in [5.74, 6) is 2.55. The number of nitrogen functional groups attached to an aromatic ring is 2. The van der Waals surface area contributed by atoms with E-state index in [0.29, 0.717) is 46.0 Å². The summed E-state index contributed by atoms with van der Waals surface area (Å²) in [5.41, 5.74) is 22.0. The fraction of sp³-hybridized carbons (Fsp3) is 0.292. The van der Waals surface area contributed by atoms with Crippen LogP contribution in [0.1, 0.15) is 38.2 Å². The molecule has 2 aliphatic rings. The average molecular weight is 430 g/mol. The number of para-hydroxylation sites is 2. The molecule has 0 radical (unpaired) electrons. The topological polar surface area (TPSA) is 129 Å². The first-order valence-electron chi connectivity index (χ1n) is 11.0. The van der Waals surface area contributed by atoms with Crippen LogP contribution in [-0.4, -0.2) is 28.4 Å². The molecule has 3 heterocycles. The molecule has 32 heavy (non-hydrogen) atoms. The van der Waals surface area contributed by atoms with Gasteiger partial charge in [0.1, 0.15) is 23.1 Å². The van der Waals surface area contributed by atoms with Gasteiger partial charge in [0.15, 0.2) is 5.75 Å². The van der Waals surface area contributed by atoms with Crippen LogP contribution >= 0.6 is 0 Å². The molecule has 1 fully saturated rings. The van der Waals surface area contributed by atoms with Gasteiger partial charge in [0.2, 0.25) is 5.95 Å². The van der Waals surface area contributed by atoms with Crippen LogP contribution in [-0.2, 0) is 0 Å². The Morgan fingerprint density at radius 1 is 1.03 bits per heavy atom. The lowest BCUT2D eigenvalue weighted by atomic mass is 9.99. The largest absolute Gasteiger partial charge is 0.454 e. The number of piperidine rings is 1. The van der Waals surface area contributed by atoms with E-state index in [1.54, 1.807) is 0 Å². The Bertz CT molecular complexity index is 1210. The second-order valence-corrected chi connectivity index (χ2v) is 8.23. The van der Waals surface area contributed by atoms with Gasteiger partial charge in [-0.2, -0.15) is 4.98 Å². The molecule has 2 aromatic carbocycles. The van der Waals surface area contributed by atoms with E-state index in [0.717, 1.165) is 37.2 Å². The van der Waals surface area contributed by atoms with E-state index in [-0.39, 0.29) is 5.95 Å². The van der Waals surface area contributed by atoms with Gasteiger partial charge < -0.3 is 26.8 Å². The number of aromatic nitrogens is 2. The zero-order valence-corrected chi connectivity index (χ0v) is 18.1. The molecule has 164 valence electrons. The molecule has 1 atom stereocenters. The summed E-state index contributed by atoms with van der Waals surface area (Å²) >= 11 is 0. The van der Waals surface area contributed by atoms with Crippen LogP contribution in [0.15, 0.2) is 47.5 Å². The van der Waals surface area contributed by atoms with Crippen LogP contribution in [0.3, 0.4) is 0 Å². The Labute approximate surface area is 187 Å². The lowest BCUT2D eigenvalue weighted by molar-refractivity contribution is 0.447. The number of fused-ring (bicyclic) bond motifs is 2. The highest BCUT2D eigenvalue weighted by Gasteiger charge is 2.24. The number of amidine groups is 1. The first kappa shape index (κ1) is 20.1. The monoisotopic (exact) mass is 429 g/mol. The van der Waals surface area contributed by atoms with E-state index >= 15 is 0 Å². The number of anilines is 3. The fourth-order valence-electron chi connectivity index (χ4n) is 4.55. The van der Waals surface area contributed by atoms with Crippen molar-refractivity contribution < 1.29 is 4.74 Å². The van der Waals surface area contributed by atoms with Crippen molar-refractivity contribution >= 4 is 29.0 Å². The molecule has 0 bridgehead atoms. The Hall–Kier alpha value is -3.81. The van der Waals surface area contributed by atoms with Gasteiger partial charge in [-0.15, -0.1) is 0 Å². The third kappa shape index (κ3) is 3.57. The number of ether oxygens (including phenoxy) is 1. The molecule has 0 amide bonds. The molecule has 6 N–H and O–H groups in total. The number of hydrogen-bond acceptors (Lipinski definition) is 8. The van der Waals surface area contributed by atoms with E-state index in [1.807, 2.05) is 42.5 Å². The minimum atomic E-state index is 0.235. The van der Waals surface area contributed by atoms with Crippen molar-refractivity contribution in [1.82, 2.24) is 9.97 Å². The van der Waals surface area contributed by atoms with E-state index < -0.39 is 0 Å². The maximum Gasteiger partial charge on any atom is 0.222 e. The van der Waals surface area contributed by atoms with Gasteiger partial charge in [0, 0.05) is 29.9 Å². The summed E-state index contributed by atoms with van der Waals surface area (Å²) in [4.78, 5) is 15.9. The van der Waals surface area contributed by atoms with Crippen molar-refractivity contribution in [3.8, 4) is 22.8 Å². The van der Waals surface area contributed by atoms with E-state index in [9.17, 15) is 0 Å². The molecular weight excluding hydrogens is 402 g/mol. The van der Waals surface area contributed by atoms with Crippen molar-refractivity contribution in [2.75, 3.05) is 22.9 Å². The smallest absolute Gasteiger partial charge is 0.222 e. The van der Waals surface area contributed by atoms with Crippen molar-refractivity contribution in [3.63, 3.8) is 0 Å². The third-order valence-corrected chi connectivity index (χ3v) is 6.13. The number of nitrogens with zero attached hydrogens (tertiary/aromatic N) is 4. The molecule has 5 rings (SSSR count). The summed E-state index contributed by atoms with van der Waals surface area (Å²) in [5, 5.41) is 0. The van der Waals surface area contributed by atoms with Crippen molar-refractivity contribution in [2.45, 2.75) is 38.6 Å². The minimum Gasteiger partial charge on any atom is -0.454 e. The van der Waals surface area contributed by atoms with Crippen LogP contribution in [0.2, 0.25) is 0 Å². The highest BCUT2D eigenvalue weighted by atomic mass is 16.5. The predicted octanol–water partition coefficient (Wildman–Crippen LogP) is 4.22. The molecule has 8 nitrogen and oxygen atoms in total. The maximum absolute atomic E-state index is 6.41. The first-order chi connectivity index (χ1) is 15.5. The van der Waals surface area contributed by atoms with Crippen LogP contribution < -0.4 is 26.8 Å². The van der Waals surface area contributed by atoms with Gasteiger partial charge in [-0.1, -0.05) is 19.1 Å².